The van der Waals surface area contributed by atoms with Gasteiger partial charge in [0.25, 0.3) is 0 Å². The maximum Gasteiger partial charge on any atom is 0.318 e. The van der Waals surface area contributed by atoms with Crippen molar-refractivity contribution < 1.29 is 4.42 Å². The van der Waals surface area contributed by atoms with Crippen LogP contribution in [0.5, 0.6) is 0 Å². The van der Waals surface area contributed by atoms with Crippen molar-refractivity contribution in [1.29, 1.82) is 0 Å². The third kappa shape index (κ3) is 2.19. The number of hydrogen-bond donors (Lipinski definition) is 1. The van der Waals surface area contributed by atoms with Crippen LogP contribution in [0.15, 0.2) is 4.42 Å². The Balaban J connectivity index is 1.58. The van der Waals surface area contributed by atoms with Crippen LogP contribution in [-0.2, 0) is 6.54 Å². The number of anilines is 1. The van der Waals surface area contributed by atoms with Gasteiger partial charge in [-0.15, -0.1) is 5.10 Å². The summed E-state index contributed by atoms with van der Waals surface area (Å²) in [5, 5.41) is 11.5. The summed E-state index contributed by atoms with van der Waals surface area (Å²) in [6.45, 7) is 5.05. The Morgan fingerprint density at radius 3 is 2.94 bits per heavy atom. The molecule has 2 aliphatic rings. The van der Waals surface area contributed by atoms with E-state index in [0.717, 1.165) is 19.0 Å². The van der Waals surface area contributed by atoms with Crippen molar-refractivity contribution in [2.75, 3.05) is 18.0 Å². The van der Waals surface area contributed by atoms with Crippen molar-refractivity contribution in [3.8, 4) is 0 Å². The zero-order valence-electron chi connectivity index (χ0n) is 9.65. The second kappa shape index (κ2) is 4.05. The summed E-state index contributed by atoms with van der Waals surface area (Å²) in [5.74, 6) is 1.45. The van der Waals surface area contributed by atoms with Crippen molar-refractivity contribution in [2.24, 2.45) is 5.92 Å². The number of rotatable bonds is 4. The monoisotopic (exact) mass is 222 g/mol. The molecule has 1 saturated carbocycles. The number of aromatic nitrogens is 2. The molecule has 1 N–H and O–H groups in total. The lowest BCUT2D eigenvalue weighted by atomic mass is 10.2. The Morgan fingerprint density at radius 1 is 1.38 bits per heavy atom. The standard InChI is InChI=1S/C11H18N4O/c1-8-4-5-15(7-8)11-14-13-10(16-11)6-12-9-2-3-9/h8-9,12H,2-7H2,1H3. The average Bonchev–Trinajstić information content (AvgIpc) is 2.81. The van der Waals surface area contributed by atoms with Gasteiger partial charge in [0.1, 0.15) is 0 Å². The summed E-state index contributed by atoms with van der Waals surface area (Å²) in [4.78, 5) is 2.18. The molecular formula is C11H18N4O. The van der Waals surface area contributed by atoms with Crippen molar-refractivity contribution in [3.05, 3.63) is 5.89 Å². The molecule has 3 rings (SSSR count). The first-order valence-corrected chi connectivity index (χ1v) is 6.12. The van der Waals surface area contributed by atoms with Crippen molar-refractivity contribution in [2.45, 2.75) is 38.8 Å². The maximum absolute atomic E-state index is 5.64. The minimum Gasteiger partial charge on any atom is -0.407 e. The first-order chi connectivity index (χ1) is 7.81. The molecule has 1 aromatic heterocycles. The molecule has 1 unspecified atom stereocenters. The van der Waals surface area contributed by atoms with Gasteiger partial charge in [-0.1, -0.05) is 12.0 Å². The van der Waals surface area contributed by atoms with Gasteiger partial charge in [-0.25, -0.2) is 0 Å². The van der Waals surface area contributed by atoms with Crippen LogP contribution in [0.25, 0.3) is 0 Å². The van der Waals surface area contributed by atoms with Gasteiger partial charge < -0.3 is 14.6 Å². The molecule has 88 valence electrons. The van der Waals surface area contributed by atoms with Crippen LogP contribution >= 0.6 is 0 Å². The van der Waals surface area contributed by atoms with Crippen LogP contribution in [0.1, 0.15) is 32.1 Å². The Morgan fingerprint density at radius 2 is 2.25 bits per heavy atom. The van der Waals surface area contributed by atoms with Crippen LogP contribution in [0.4, 0.5) is 6.01 Å². The predicted molar refractivity (Wildman–Crippen MR) is 60.2 cm³/mol. The fourth-order valence-corrected chi connectivity index (χ4v) is 2.07. The molecule has 0 aromatic carbocycles. The first kappa shape index (κ1) is 10.1. The van der Waals surface area contributed by atoms with E-state index < -0.39 is 0 Å². The highest BCUT2D eigenvalue weighted by Gasteiger charge is 2.24. The van der Waals surface area contributed by atoms with Gasteiger partial charge in [-0.05, 0) is 25.2 Å². The largest absolute Gasteiger partial charge is 0.407 e. The van der Waals surface area contributed by atoms with E-state index in [1.807, 2.05) is 0 Å². The normalized spacial score (nSPS) is 25.3. The quantitative estimate of drug-likeness (QED) is 0.828. The maximum atomic E-state index is 5.64. The molecule has 16 heavy (non-hydrogen) atoms. The SMILES string of the molecule is CC1CCN(c2nnc(CNC3CC3)o2)C1. The molecule has 2 heterocycles. The number of hydrogen-bond acceptors (Lipinski definition) is 5. The lowest BCUT2D eigenvalue weighted by Crippen LogP contribution is -2.19. The van der Waals surface area contributed by atoms with Gasteiger partial charge in [0.2, 0.25) is 5.89 Å². The summed E-state index contributed by atoms with van der Waals surface area (Å²) >= 11 is 0. The van der Waals surface area contributed by atoms with Crippen LogP contribution < -0.4 is 10.2 Å². The van der Waals surface area contributed by atoms with Crippen LogP contribution in [0.2, 0.25) is 0 Å². The van der Waals surface area contributed by atoms with Gasteiger partial charge in [-0.2, -0.15) is 0 Å². The fourth-order valence-electron chi connectivity index (χ4n) is 2.07. The second-order valence-corrected chi connectivity index (χ2v) is 4.97. The highest BCUT2D eigenvalue weighted by molar-refractivity contribution is 5.26. The molecule has 5 heteroatoms. The lowest BCUT2D eigenvalue weighted by Gasteiger charge is -2.10. The molecule has 0 radical (unpaired) electrons. The molecular weight excluding hydrogens is 204 g/mol. The third-order valence-corrected chi connectivity index (χ3v) is 3.27. The smallest absolute Gasteiger partial charge is 0.318 e. The van der Waals surface area contributed by atoms with Crippen LogP contribution in [-0.4, -0.2) is 29.3 Å². The van der Waals surface area contributed by atoms with Gasteiger partial charge in [0.05, 0.1) is 6.54 Å². The van der Waals surface area contributed by atoms with Crippen molar-refractivity contribution >= 4 is 6.01 Å². The van der Waals surface area contributed by atoms with Gasteiger partial charge in [0, 0.05) is 19.1 Å². The van der Waals surface area contributed by atoms with E-state index >= 15 is 0 Å². The highest BCUT2D eigenvalue weighted by atomic mass is 16.4. The molecule has 1 aromatic rings. The number of nitrogens with one attached hydrogen (secondary N) is 1. The Bertz CT molecular complexity index is 361. The molecule has 0 amide bonds. The molecule has 1 saturated heterocycles. The minimum absolute atomic E-state index is 0.683. The Kier molecular flexibility index (Phi) is 2.55. The van der Waals surface area contributed by atoms with E-state index in [9.17, 15) is 0 Å². The third-order valence-electron chi connectivity index (χ3n) is 3.27. The molecule has 1 atom stereocenters. The fraction of sp³-hybridized carbons (Fsp3) is 0.818. The van der Waals surface area contributed by atoms with Crippen LogP contribution in [0, 0.1) is 5.92 Å². The summed E-state index contributed by atoms with van der Waals surface area (Å²) in [7, 11) is 0. The Hall–Kier alpha value is -1.10. The molecule has 1 aliphatic carbocycles. The van der Waals surface area contributed by atoms with Crippen molar-refractivity contribution in [1.82, 2.24) is 15.5 Å². The second-order valence-electron chi connectivity index (χ2n) is 4.97. The van der Waals surface area contributed by atoms with Gasteiger partial charge in [-0.3, -0.25) is 0 Å². The zero-order valence-corrected chi connectivity index (χ0v) is 9.65. The molecule has 5 nitrogen and oxygen atoms in total. The van der Waals surface area contributed by atoms with E-state index in [1.165, 1.54) is 19.3 Å². The molecule has 0 bridgehead atoms. The summed E-state index contributed by atoms with van der Waals surface area (Å²) in [6, 6.07) is 1.37. The van der Waals surface area contributed by atoms with E-state index in [1.54, 1.807) is 0 Å². The summed E-state index contributed by atoms with van der Waals surface area (Å²) in [6.07, 6.45) is 3.79. The molecule has 0 spiro atoms. The van der Waals surface area contributed by atoms with Crippen LogP contribution in [0.3, 0.4) is 0 Å². The van der Waals surface area contributed by atoms with E-state index in [-0.39, 0.29) is 0 Å². The number of nitrogens with zero attached hydrogens (tertiary/aromatic N) is 3. The predicted octanol–water partition coefficient (Wildman–Crippen LogP) is 1.17. The molecule has 1 aliphatic heterocycles. The average molecular weight is 222 g/mol. The van der Waals surface area contributed by atoms with E-state index in [4.69, 9.17) is 4.42 Å². The van der Waals surface area contributed by atoms with E-state index in [2.05, 4.69) is 27.3 Å². The highest BCUT2D eigenvalue weighted by Crippen LogP contribution is 2.23. The molecule has 2 fully saturated rings. The minimum atomic E-state index is 0.683. The van der Waals surface area contributed by atoms with Gasteiger partial charge >= 0.3 is 6.01 Å². The topological polar surface area (TPSA) is 54.2 Å². The zero-order chi connectivity index (χ0) is 11.0. The summed E-state index contributed by atoms with van der Waals surface area (Å²) < 4.78 is 5.64. The van der Waals surface area contributed by atoms with E-state index in [0.29, 0.717) is 24.5 Å². The Labute approximate surface area is 95.2 Å². The van der Waals surface area contributed by atoms with Crippen molar-refractivity contribution in [3.63, 3.8) is 0 Å². The van der Waals surface area contributed by atoms with Gasteiger partial charge in [0.15, 0.2) is 0 Å². The lowest BCUT2D eigenvalue weighted by molar-refractivity contribution is 0.464. The summed E-state index contributed by atoms with van der Waals surface area (Å²) in [5.41, 5.74) is 0. The first-order valence-electron chi connectivity index (χ1n) is 6.12.